The van der Waals surface area contributed by atoms with Gasteiger partial charge in [0.05, 0.1) is 5.39 Å². The van der Waals surface area contributed by atoms with Gasteiger partial charge in [-0.1, -0.05) is 32.4 Å². The van der Waals surface area contributed by atoms with Crippen LogP contribution in [0.4, 0.5) is 0 Å². The molecule has 0 aliphatic heterocycles. The number of aromatic nitrogens is 3. The molecule has 0 spiro atoms. The summed E-state index contributed by atoms with van der Waals surface area (Å²) in [6, 6.07) is 0. The summed E-state index contributed by atoms with van der Waals surface area (Å²) in [5.41, 5.74) is 1.96. The summed E-state index contributed by atoms with van der Waals surface area (Å²) in [7, 11) is -1.65. The van der Waals surface area contributed by atoms with Crippen LogP contribution in [0.2, 0.25) is 23.3 Å². The Hall–Kier alpha value is -0.913. The Morgan fingerprint density at radius 2 is 2.00 bits per heavy atom. The average molecular weight is 326 g/mol. The van der Waals surface area contributed by atoms with Crippen molar-refractivity contribution in [2.45, 2.75) is 51.7 Å². The van der Waals surface area contributed by atoms with Crippen LogP contribution in [0.5, 0.6) is 0 Å². The molecule has 0 aromatic carbocycles. The van der Waals surface area contributed by atoms with Gasteiger partial charge in [0, 0.05) is 12.8 Å². The number of hydrogen-bond donors (Lipinski definition) is 1. The third kappa shape index (κ3) is 3.65. The van der Waals surface area contributed by atoms with Gasteiger partial charge in [-0.15, -0.1) is 0 Å². The molecule has 0 atom stereocenters. The smallest absolute Gasteiger partial charge is 0.191 e. The normalized spacial score (nSPS) is 13.0. The van der Waals surface area contributed by atoms with Crippen molar-refractivity contribution in [2.24, 2.45) is 0 Å². The summed E-state index contributed by atoms with van der Waals surface area (Å²) >= 11 is 6.15. The number of aromatic amines is 1. The zero-order valence-corrected chi connectivity index (χ0v) is 15.2. The molecule has 0 fully saturated rings. The van der Waals surface area contributed by atoms with E-state index < -0.39 is 8.32 Å². The molecule has 4 nitrogen and oxygen atoms in total. The molecule has 116 valence electrons. The number of nitrogens with one attached hydrogen (secondary N) is 1. The van der Waals surface area contributed by atoms with Crippen LogP contribution in [0.15, 0.2) is 12.5 Å². The Morgan fingerprint density at radius 3 is 2.67 bits per heavy atom. The molecular formula is C15H24ClN3OSi. The molecule has 0 amide bonds. The lowest BCUT2D eigenvalue weighted by atomic mass is 10.1. The van der Waals surface area contributed by atoms with E-state index >= 15 is 0 Å². The molecule has 0 aliphatic rings. The molecule has 2 rings (SSSR count). The number of halogens is 1. The Morgan fingerprint density at radius 1 is 1.29 bits per heavy atom. The lowest BCUT2D eigenvalue weighted by Crippen LogP contribution is -2.41. The summed E-state index contributed by atoms with van der Waals surface area (Å²) in [6.45, 7) is 12.1. The maximum atomic E-state index is 6.20. The first-order valence-electron chi connectivity index (χ1n) is 7.33. The van der Waals surface area contributed by atoms with Crippen molar-refractivity contribution in [2.75, 3.05) is 6.61 Å². The standard InChI is InChI=1S/C15H24ClN3OSi/c1-15(2,3)21(4,5)20-8-6-7-11-9-17-14-12(11)13(16)18-10-19-14/h9-10H,6-8H2,1-5H3,(H,17,18,19). The van der Waals surface area contributed by atoms with Crippen molar-refractivity contribution in [3.05, 3.63) is 23.2 Å². The van der Waals surface area contributed by atoms with Crippen LogP contribution in [0.1, 0.15) is 32.8 Å². The first-order valence-corrected chi connectivity index (χ1v) is 10.6. The van der Waals surface area contributed by atoms with E-state index in [0.717, 1.165) is 36.0 Å². The molecule has 0 saturated heterocycles. The molecule has 0 bridgehead atoms. The van der Waals surface area contributed by atoms with Crippen molar-refractivity contribution in [3.63, 3.8) is 0 Å². The molecule has 0 unspecified atom stereocenters. The van der Waals surface area contributed by atoms with Crippen molar-refractivity contribution in [1.29, 1.82) is 0 Å². The maximum absolute atomic E-state index is 6.20. The van der Waals surface area contributed by atoms with Gasteiger partial charge in [-0.25, -0.2) is 9.97 Å². The van der Waals surface area contributed by atoms with Gasteiger partial charge in [0.25, 0.3) is 0 Å². The zero-order chi connectivity index (χ0) is 15.7. The van der Waals surface area contributed by atoms with Crippen molar-refractivity contribution in [3.8, 4) is 0 Å². The fraction of sp³-hybridized carbons (Fsp3) is 0.600. The van der Waals surface area contributed by atoms with Gasteiger partial charge in [0.15, 0.2) is 8.32 Å². The Balaban J connectivity index is 1.95. The molecule has 6 heteroatoms. The van der Waals surface area contributed by atoms with Crippen molar-refractivity contribution in [1.82, 2.24) is 15.0 Å². The van der Waals surface area contributed by atoms with Gasteiger partial charge in [-0.3, -0.25) is 0 Å². The monoisotopic (exact) mass is 325 g/mol. The third-order valence-electron chi connectivity index (χ3n) is 4.36. The number of aryl methyl sites for hydroxylation is 1. The molecule has 2 aromatic heterocycles. The first kappa shape index (κ1) is 16.5. The van der Waals surface area contributed by atoms with Crippen LogP contribution in [0.3, 0.4) is 0 Å². The van der Waals surface area contributed by atoms with Gasteiger partial charge in [-0.05, 0) is 36.5 Å². The summed E-state index contributed by atoms with van der Waals surface area (Å²) in [6.07, 6.45) is 5.34. The van der Waals surface area contributed by atoms with Gasteiger partial charge in [0.1, 0.15) is 17.1 Å². The summed E-state index contributed by atoms with van der Waals surface area (Å²) in [5.74, 6) is 0. The highest BCUT2D eigenvalue weighted by Crippen LogP contribution is 2.36. The maximum Gasteiger partial charge on any atom is 0.191 e. The summed E-state index contributed by atoms with van der Waals surface area (Å²) < 4.78 is 6.20. The molecule has 0 radical (unpaired) electrons. The van der Waals surface area contributed by atoms with Crippen LogP contribution in [0.25, 0.3) is 11.0 Å². The second kappa shape index (κ2) is 6.06. The van der Waals surface area contributed by atoms with E-state index in [1.54, 1.807) is 0 Å². The van der Waals surface area contributed by atoms with Gasteiger partial charge in [0.2, 0.25) is 0 Å². The summed E-state index contributed by atoms with van der Waals surface area (Å²) in [5, 5.41) is 1.71. The van der Waals surface area contributed by atoms with Crippen LogP contribution < -0.4 is 0 Å². The Labute approximate surface area is 132 Å². The second-order valence-electron chi connectivity index (χ2n) is 6.91. The van der Waals surface area contributed by atoms with Crippen LogP contribution in [-0.2, 0) is 10.8 Å². The number of H-pyrrole nitrogens is 1. The van der Waals surface area contributed by atoms with E-state index in [1.165, 1.54) is 6.33 Å². The zero-order valence-electron chi connectivity index (χ0n) is 13.5. The highest BCUT2D eigenvalue weighted by molar-refractivity contribution is 6.74. The topological polar surface area (TPSA) is 50.8 Å². The van der Waals surface area contributed by atoms with E-state index in [4.69, 9.17) is 16.0 Å². The van der Waals surface area contributed by atoms with E-state index in [9.17, 15) is 0 Å². The molecule has 2 aromatic rings. The van der Waals surface area contributed by atoms with E-state index in [-0.39, 0.29) is 5.04 Å². The highest BCUT2D eigenvalue weighted by atomic mass is 35.5. The fourth-order valence-electron chi connectivity index (χ4n) is 1.99. The number of hydrogen-bond acceptors (Lipinski definition) is 3. The van der Waals surface area contributed by atoms with E-state index in [1.807, 2.05) is 6.20 Å². The Kier molecular flexibility index (Phi) is 4.75. The molecule has 0 aliphatic carbocycles. The lowest BCUT2D eigenvalue weighted by molar-refractivity contribution is 0.282. The quantitative estimate of drug-likeness (QED) is 0.498. The largest absolute Gasteiger partial charge is 0.417 e. The van der Waals surface area contributed by atoms with Crippen LogP contribution in [-0.4, -0.2) is 29.9 Å². The fourth-order valence-corrected chi connectivity index (χ4v) is 3.33. The SMILES string of the molecule is CC(C)(C)[Si](C)(C)OCCCc1c[nH]c2ncnc(Cl)c12. The molecule has 21 heavy (non-hydrogen) atoms. The predicted octanol–water partition coefficient (Wildman–Crippen LogP) is 4.57. The minimum atomic E-state index is -1.65. The van der Waals surface area contributed by atoms with Crippen molar-refractivity contribution < 1.29 is 4.43 Å². The van der Waals surface area contributed by atoms with Crippen molar-refractivity contribution >= 4 is 31.0 Å². The minimum Gasteiger partial charge on any atom is -0.417 e. The average Bonchev–Trinajstić information content (AvgIpc) is 2.78. The molecule has 2 heterocycles. The number of nitrogens with zero attached hydrogens (tertiary/aromatic N) is 2. The van der Waals surface area contributed by atoms with E-state index in [0.29, 0.717) is 5.15 Å². The number of rotatable bonds is 5. The van der Waals surface area contributed by atoms with Crippen LogP contribution >= 0.6 is 11.6 Å². The third-order valence-corrected chi connectivity index (χ3v) is 9.19. The Bertz CT molecular complexity index is 619. The lowest BCUT2D eigenvalue weighted by Gasteiger charge is -2.36. The molecule has 1 N–H and O–H groups in total. The highest BCUT2D eigenvalue weighted by Gasteiger charge is 2.36. The van der Waals surface area contributed by atoms with Gasteiger partial charge < -0.3 is 9.41 Å². The van der Waals surface area contributed by atoms with E-state index in [2.05, 4.69) is 48.8 Å². The van der Waals surface area contributed by atoms with Gasteiger partial charge >= 0.3 is 0 Å². The molecular weight excluding hydrogens is 302 g/mol. The predicted molar refractivity (Wildman–Crippen MR) is 90.4 cm³/mol. The van der Waals surface area contributed by atoms with Crippen LogP contribution in [0, 0.1) is 0 Å². The minimum absolute atomic E-state index is 0.255. The second-order valence-corrected chi connectivity index (χ2v) is 12.1. The number of fused-ring (bicyclic) bond motifs is 1. The first-order chi connectivity index (χ1) is 9.72. The van der Waals surface area contributed by atoms with Gasteiger partial charge in [-0.2, -0.15) is 0 Å². The molecule has 0 saturated carbocycles. The summed E-state index contributed by atoms with van der Waals surface area (Å²) in [4.78, 5) is 11.4.